The number of hydrogen-bond acceptors (Lipinski definition) is 5. The molecule has 2 amide bonds. The summed E-state index contributed by atoms with van der Waals surface area (Å²) in [6.45, 7) is 4.48. The first-order valence-corrected chi connectivity index (χ1v) is 10.2. The molecular weight excluding hydrogens is 415 g/mol. The van der Waals surface area contributed by atoms with Gasteiger partial charge in [0.05, 0.1) is 25.5 Å². The van der Waals surface area contributed by atoms with Gasteiger partial charge in [0.15, 0.2) is 0 Å². The highest BCUT2D eigenvalue weighted by atomic mass is 19.4. The van der Waals surface area contributed by atoms with Crippen LogP contribution < -0.4 is 15.4 Å². The zero-order valence-corrected chi connectivity index (χ0v) is 18.0. The molecule has 10 heteroatoms. The zero-order chi connectivity index (χ0) is 23.2. The molecule has 0 radical (unpaired) electrons. The van der Waals surface area contributed by atoms with Gasteiger partial charge in [-0.2, -0.15) is 13.2 Å². The molecule has 31 heavy (non-hydrogen) atoms. The van der Waals surface area contributed by atoms with Crippen molar-refractivity contribution in [2.24, 2.45) is 5.92 Å². The number of benzene rings is 1. The molecule has 0 unspecified atom stereocenters. The van der Waals surface area contributed by atoms with Gasteiger partial charge in [0, 0.05) is 36.7 Å². The van der Waals surface area contributed by atoms with E-state index in [2.05, 4.69) is 10.6 Å². The number of nitrogens with zero attached hydrogens (tertiary/aromatic N) is 1. The van der Waals surface area contributed by atoms with Crippen LogP contribution in [0.3, 0.4) is 0 Å². The van der Waals surface area contributed by atoms with Gasteiger partial charge >= 0.3 is 6.18 Å². The van der Waals surface area contributed by atoms with E-state index in [1.54, 1.807) is 37.1 Å². The third-order valence-electron chi connectivity index (χ3n) is 5.24. The molecule has 1 aliphatic heterocycles. The minimum Gasteiger partial charge on any atom is -0.488 e. The number of carbonyl (C=O) groups is 2. The molecule has 1 aromatic carbocycles. The topological polar surface area (TPSA) is 90.9 Å². The van der Waals surface area contributed by atoms with Crippen LogP contribution in [0.1, 0.15) is 32.3 Å². The molecule has 3 atom stereocenters. The molecule has 0 fully saturated rings. The predicted octanol–water partition coefficient (Wildman–Crippen LogP) is 2.34. The lowest BCUT2D eigenvalue weighted by Crippen LogP contribution is -2.47. The fourth-order valence-electron chi connectivity index (χ4n) is 3.43. The van der Waals surface area contributed by atoms with Gasteiger partial charge in [-0.25, -0.2) is 0 Å². The Hall–Kier alpha value is -2.33. The van der Waals surface area contributed by atoms with Crippen LogP contribution in [0.15, 0.2) is 18.2 Å². The Morgan fingerprint density at radius 3 is 2.71 bits per heavy atom. The van der Waals surface area contributed by atoms with Crippen LogP contribution in [0.25, 0.3) is 0 Å². The van der Waals surface area contributed by atoms with Crippen LogP contribution in [-0.4, -0.2) is 66.9 Å². The zero-order valence-electron chi connectivity index (χ0n) is 18.0. The molecule has 0 aliphatic carbocycles. The second-order valence-electron chi connectivity index (χ2n) is 7.93. The van der Waals surface area contributed by atoms with Crippen molar-refractivity contribution in [1.29, 1.82) is 0 Å². The second kappa shape index (κ2) is 10.8. The smallest absolute Gasteiger partial charge is 0.389 e. The van der Waals surface area contributed by atoms with E-state index in [0.29, 0.717) is 30.1 Å². The first-order valence-electron chi connectivity index (χ1n) is 10.2. The molecule has 2 rings (SSSR count). The Morgan fingerprint density at radius 2 is 2.10 bits per heavy atom. The summed E-state index contributed by atoms with van der Waals surface area (Å²) in [6.07, 6.45) is -6.57. The monoisotopic (exact) mass is 445 g/mol. The number of hydrogen-bond donors (Lipinski definition) is 3. The average molecular weight is 445 g/mol. The first-order chi connectivity index (χ1) is 14.5. The molecule has 1 aromatic rings. The number of aliphatic hydroxyl groups excluding tert-OH is 1. The van der Waals surface area contributed by atoms with Gasteiger partial charge in [0.25, 0.3) is 0 Å². The maximum absolute atomic E-state index is 13.0. The number of nitrogens with one attached hydrogen (secondary N) is 2. The fraction of sp³-hybridized carbons (Fsp3) is 0.619. The maximum Gasteiger partial charge on any atom is 0.389 e. The van der Waals surface area contributed by atoms with Crippen molar-refractivity contribution in [1.82, 2.24) is 10.2 Å². The molecular formula is C21H30F3N3O4. The van der Waals surface area contributed by atoms with Crippen LogP contribution >= 0.6 is 0 Å². The molecule has 0 saturated heterocycles. The van der Waals surface area contributed by atoms with Gasteiger partial charge in [-0.1, -0.05) is 6.92 Å². The minimum absolute atomic E-state index is 0.0229. The van der Waals surface area contributed by atoms with E-state index in [1.807, 2.05) is 6.92 Å². The molecule has 0 spiro atoms. The Bertz CT molecular complexity index is 773. The van der Waals surface area contributed by atoms with Crippen molar-refractivity contribution in [3.05, 3.63) is 23.8 Å². The number of amides is 2. The lowest BCUT2D eigenvalue weighted by atomic mass is 10.0. The summed E-state index contributed by atoms with van der Waals surface area (Å²) >= 11 is 0. The van der Waals surface area contributed by atoms with Crippen LogP contribution in [0.4, 0.5) is 18.9 Å². The highest BCUT2D eigenvalue weighted by molar-refractivity contribution is 5.91. The van der Waals surface area contributed by atoms with Crippen molar-refractivity contribution in [3.8, 4) is 5.75 Å². The van der Waals surface area contributed by atoms with Crippen molar-refractivity contribution < 1.29 is 32.6 Å². The molecule has 0 aromatic heterocycles. The summed E-state index contributed by atoms with van der Waals surface area (Å²) in [7, 11) is 1.79. The number of likely N-dealkylation sites (N-methyl/N-ethyl adjacent to an activating group) is 1. The van der Waals surface area contributed by atoms with E-state index in [1.165, 1.54) is 0 Å². The van der Waals surface area contributed by atoms with Crippen molar-refractivity contribution in [3.63, 3.8) is 0 Å². The van der Waals surface area contributed by atoms with Crippen LogP contribution in [0.5, 0.6) is 5.75 Å². The van der Waals surface area contributed by atoms with Crippen molar-refractivity contribution in [2.45, 2.75) is 51.4 Å². The average Bonchev–Trinajstić information content (AvgIpc) is 2.74. The summed E-state index contributed by atoms with van der Waals surface area (Å²) < 4.78 is 43.2. The standard InChI is InChI=1S/C21H30F3N3O4/c1-13-11-27(14(2)12-28)20(30)9-15-8-16(26-19(29)6-7-21(22,23)24)4-5-17(15)31-18(13)10-25-3/h4-5,8,13-14,18,25,28H,6-7,9-12H2,1-3H3,(H,26,29)/t13-,14-,18-/m0/s1. The minimum atomic E-state index is -4.41. The number of halogens is 3. The summed E-state index contributed by atoms with van der Waals surface area (Å²) in [5, 5.41) is 15.1. The predicted molar refractivity (Wildman–Crippen MR) is 110 cm³/mol. The number of fused-ring (bicyclic) bond motifs is 1. The van der Waals surface area contributed by atoms with Crippen LogP contribution in [0, 0.1) is 5.92 Å². The van der Waals surface area contributed by atoms with Gasteiger partial charge in [-0.05, 0) is 32.2 Å². The number of alkyl halides is 3. The molecule has 1 aliphatic rings. The third kappa shape index (κ3) is 7.39. The molecule has 1 heterocycles. The van der Waals surface area contributed by atoms with Gasteiger partial charge in [-0.15, -0.1) is 0 Å². The van der Waals surface area contributed by atoms with Gasteiger partial charge < -0.3 is 25.4 Å². The third-order valence-corrected chi connectivity index (χ3v) is 5.24. The van der Waals surface area contributed by atoms with Crippen LogP contribution in [-0.2, 0) is 16.0 Å². The quantitative estimate of drug-likeness (QED) is 0.599. The Morgan fingerprint density at radius 1 is 1.39 bits per heavy atom. The summed E-state index contributed by atoms with van der Waals surface area (Å²) in [5.41, 5.74) is 0.811. The Labute approximate surface area is 179 Å². The number of rotatable bonds is 7. The molecule has 7 nitrogen and oxygen atoms in total. The number of aliphatic hydroxyl groups is 1. The Balaban J connectivity index is 2.29. The molecule has 3 N–H and O–H groups in total. The molecule has 0 bridgehead atoms. The highest BCUT2D eigenvalue weighted by Crippen LogP contribution is 2.29. The van der Waals surface area contributed by atoms with Crippen molar-refractivity contribution >= 4 is 17.5 Å². The van der Waals surface area contributed by atoms with E-state index >= 15 is 0 Å². The first kappa shape index (κ1) is 24.9. The van der Waals surface area contributed by atoms with Crippen molar-refractivity contribution in [2.75, 3.05) is 32.1 Å². The Kier molecular flexibility index (Phi) is 8.69. The van der Waals surface area contributed by atoms with E-state index < -0.39 is 24.9 Å². The summed E-state index contributed by atoms with van der Waals surface area (Å²) in [6, 6.07) is 4.33. The maximum atomic E-state index is 13.0. The van der Waals surface area contributed by atoms with E-state index in [9.17, 15) is 27.9 Å². The largest absolute Gasteiger partial charge is 0.488 e. The number of anilines is 1. The second-order valence-corrected chi connectivity index (χ2v) is 7.93. The fourth-order valence-corrected chi connectivity index (χ4v) is 3.43. The SMILES string of the molecule is CNC[C@@H]1Oc2ccc(NC(=O)CCC(F)(F)F)cc2CC(=O)N([C@@H](C)CO)C[C@@H]1C. The van der Waals surface area contributed by atoms with Gasteiger partial charge in [-0.3, -0.25) is 9.59 Å². The normalized spacial score (nSPS) is 20.7. The lowest BCUT2D eigenvalue weighted by Gasteiger charge is -2.32. The number of ether oxygens (including phenoxy) is 1. The summed E-state index contributed by atoms with van der Waals surface area (Å²) in [4.78, 5) is 26.5. The van der Waals surface area contributed by atoms with E-state index in [-0.39, 0.29) is 37.0 Å². The van der Waals surface area contributed by atoms with Crippen LogP contribution in [0.2, 0.25) is 0 Å². The van der Waals surface area contributed by atoms with E-state index in [0.717, 1.165) is 0 Å². The summed E-state index contributed by atoms with van der Waals surface area (Å²) in [5.74, 6) is -0.515. The van der Waals surface area contributed by atoms with E-state index in [4.69, 9.17) is 4.74 Å². The molecule has 0 saturated carbocycles. The van der Waals surface area contributed by atoms with Gasteiger partial charge in [0.1, 0.15) is 11.9 Å². The highest BCUT2D eigenvalue weighted by Gasteiger charge is 2.30. The lowest BCUT2D eigenvalue weighted by molar-refractivity contribution is -0.142. The number of carbonyl (C=O) groups excluding carboxylic acids is 2. The van der Waals surface area contributed by atoms with Gasteiger partial charge in [0.2, 0.25) is 11.8 Å². The molecule has 174 valence electrons.